The Morgan fingerprint density at radius 3 is 2.18 bits per heavy atom. The maximum absolute atomic E-state index is 3.36. The normalized spacial score (nSPS) is 13.4. The smallest absolute Gasteiger partial charge is 0.00639 e. The van der Waals surface area contributed by atoms with Crippen LogP contribution in [-0.4, -0.2) is 13.1 Å². The van der Waals surface area contributed by atoms with Gasteiger partial charge >= 0.3 is 0 Å². The maximum atomic E-state index is 3.36. The van der Waals surface area contributed by atoms with Crippen LogP contribution in [0.25, 0.3) is 0 Å². The van der Waals surface area contributed by atoms with Gasteiger partial charge in [-0.2, -0.15) is 0 Å². The van der Waals surface area contributed by atoms with Crippen molar-refractivity contribution < 1.29 is 0 Å². The van der Waals surface area contributed by atoms with Crippen LogP contribution < -0.4 is 5.32 Å². The highest BCUT2D eigenvalue weighted by Crippen LogP contribution is 2.07. The highest BCUT2D eigenvalue weighted by atomic mass is 14.9. The maximum Gasteiger partial charge on any atom is 0.00639 e. The Balaban J connectivity index is 3.20. The van der Waals surface area contributed by atoms with Gasteiger partial charge in [0.05, 0.1) is 0 Å². The molecule has 0 heterocycles. The van der Waals surface area contributed by atoms with Gasteiger partial charge in [0.1, 0.15) is 0 Å². The molecular weight excluding hydrogens is 134 g/mol. The molecule has 0 aromatic rings. The lowest BCUT2D eigenvalue weighted by Crippen LogP contribution is -2.24. The van der Waals surface area contributed by atoms with Crippen molar-refractivity contribution in [1.82, 2.24) is 5.32 Å². The molecule has 0 aliphatic rings. The third-order valence-electron chi connectivity index (χ3n) is 2.20. The van der Waals surface area contributed by atoms with Crippen LogP contribution in [0.2, 0.25) is 0 Å². The number of unbranched alkanes of at least 4 members (excludes halogenated alkanes) is 2. The molecule has 1 nitrogen and oxygen atoms in total. The zero-order valence-corrected chi connectivity index (χ0v) is 8.32. The van der Waals surface area contributed by atoms with Crippen molar-refractivity contribution in [2.75, 3.05) is 7.05 Å². The molecule has 0 bridgehead atoms. The highest BCUT2D eigenvalue weighted by molar-refractivity contribution is 4.62. The third-order valence-corrected chi connectivity index (χ3v) is 2.20. The van der Waals surface area contributed by atoms with E-state index >= 15 is 0 Å². The van der Waals surface area contributed by atoms with Crippen molar-refractivity contribution >= 4 is 0 Å². The molecular formula is C10H23N. The molecule has 0 saturated carbocycles. The van der Waals surface area contributed by atoms with E-state index in [0.717, 1.165) is 6.04 Å². The van der Waals surface area contributed by atoms with Gasteiger partial charge in [0.15, 0.2) is 0 Å². The molecule has 0 aromatic carbocycles. The standard InChI is InChI=1S/C10H23N/c1-4-6-7-9-10(11-3)8-5-2/h10-11H,4-9H2,1-3H3/t10-/m1/s1. The van der Waals surface area contributed by atoms with Gasteiger partial charge in [-0.05, 0) is 19.9 Å². The van der Waals surface area contributed by atoms with Crippen molar-refractivity contribution in [2.24, 2.45) is 0 Å². The zero-order valence-electron chi connectivity index (χ0n) is 8.32. The highest BCUT2D eigenvalue weighted by Gasteiger charge is 2.02. The molecule has 0 radical (unpaired) electrons. The van der Waals surface area contributed by atoms with E-state index in [1.165, 1.54) is 38.5 Å². The first kappa shape index (κ1) is 11.0. The minimum atomic E-state index is 0.770. The molecule has 0 saturated heterocycles. The van der Waals surface area contributed by atoms with Crippen molar-refractivity contribution in [1.29, 1.82) is 0 Å². The summed E-state index contributed by atoms with van der Waals surface area (Å²) in [5.74, 6) is 0. The second-order valence-corrected chi connectivity index (χ2v) is 3.27. The molecule has 1 N–H and O–H groups in total. The van der Waals surface area contributed by atoms with Gasteiger partial charge in [0.25, 0.3) is 0 Å². The van der Waals surface area contributed by atoms with Gasteiger partial charge in [-0.15, -0.1) is 0 Å². The fourth-order valence-electron chi connectivity index (χ4n) is 1.42. The lowest BCUT2D eigenvalue weighted by molar-refractivity contribution is 0.461. The Morgan fingerprint density at radius 2 is 1.73 bits per heavy atom. The van der Waals surface area contributed by atoms with Crippen LogP contribution in [0.4, 0.5) is 0 Å². The quantitative estimate of drug-likeness (QED) is 0.560. The van der Waals surface area contributed by atoms with E-state index in [0.29, 0.717) is 0 Å². The minimum absolute atomic E-state index is 0.770. The average molecular weight is 157 g/mol. The summed E-state index contributed by atoms with van der Waals surface area (Å²) >= 11 is 0. The zero-order chi connectivity index (χ0) is 8.53. The van der Waals surface area contributed by atoms with Gasteiger partial charge in [0.2, 0.25) is 0 Å². The minimum Gasteiger partial charge on any atom is -0.317 e. The van der Waals surface area contributed by atoms with E-state index in [9.17, 15) is 0 Å². The van der Waals surface area contributed by atoms with Crippen LogP contribution in [0.5, 0.6) is 0 Å². The Labute approximate surface area is 71.6 Å². The number of nitrogens with one attached hydrogen (secondary N) is 1. The van der Waals surface area contributed by atoms with E-state index in [4.69, 9.17) is 0 Å². The number of hydrogen-bond donors (Lipinski definition) is 1. The van der Waals surface area contributed by atoms with E-state index in [1.54, 1.807) is 0 Å². The molecule has 0 rings (SSSR count). The lowest BCUT2D eigenvalue weighted by Gasteiger charge is -2.14. The van der Waals surface area contributed by atoms with Crippen molar-refractivity contribution in [3.05, 3.63) is 0 Å². The fraction of sp³-hybridized carbons (Fsp3) is 1.00. The van der Waals surface area contributed by atoms with Crippen LogP contribution in [0.3, 0.4) is 0 Å². The number of rotatable bonds is 7. The summed E-state index contributed by atoms with van der Waals surface area (Å²) in [4.78, 5) is 0. The van der Waals surface area contributed by atoms with Crippen molar-refractivity contribution in [3.8, 4) is 0 Å². The summed E-state index contributed by atoms with van der Waals surface area (Å²) in [5.41, 5.74) is 0. The van der Waals surface area contributed by atoms with E-state index in [1.807, 2.05) is 0 Å². The molecule has 1 heteroatoms. The Morgan fingerprint density at radius 1 is 1.00 bits per heavy atom. The Hall–Kier alpha value is -0.0400. The molecule has 0 aliphatic carbocycles. The van der Waals surface area contributed by atoms with Crippen LogP contribution in [-0.2, 0) is 0 Å². The molecule has 1 atom stereocenters. The SMILES string of the molecule is CCCCC[C@@H](CCC)NC. The molecule has 0 unspecified atom stereocenters. The average Bonchev–Trinajstić information content (AvgIpc) is 2.03. The molecule has 11 heavy (non-hydrogen) atoms. The summed E-state index contributed by atoms with van der Waals surface area (Å²) < 4.78 is 0. The van der Waals surface area contributed by atoms with Crippen LogP contribution >= 0.6 is 0 Å². The van der Waals surface area contributed by atoms with Gasteiger partial charge in [-0.25, -0.2) is 0 Å². The summed E-state index contributed by atoms with van der Waals surface area (Å²) in [6.07, 6.45) is 8.11. The first-order valence-corrected chi connectivity index (χ1v) is 5.02. The van der Waals surface area contributed by atoms with Crippen molar-refractivity contribution in [2.45, 2.75) is 58.4 Å². The molecule has 0 amide bonds. The summed E-state index contributed by atoms with van der Waals surface area (Å²) in [7, 11) is 2.08. The second-order valence-electron chi connectivity index (χ2n) is 3.27. The molecule has 0 aromatic heterocycles. The van der Waals surface area contributed by atoms with Crippen molar-refractivity contribution in [3.63, 3.8) is 0 Å². The van der Waals surface area contributed by atoms with E-state index < -0.39 is 0 Å². The first-order chi connectivity index (χ1) is 5.35. The van der Waals surface area contributed by atoms with Crippen LogP contribution in [0, 0.1) is 0 Å². The monoisotopic (exact) mass is 157 g/mol. The lowest BCUT2D eigenvalue weighted by atomic mass is 10.0. The predicted molar refractivity (Wildman–Crippen MR) is 51.9 cm³/mol. The van der Waals surface area contributed by atoms with E-state index in [-0.39, 0.29) is 0 Å². The van der Waals surface area contributed by atoms with Gasteiger partial charge < -0.3 is 5.32 Å². The largest absolute Gasteiger partial charge is 0.317 e. The fourth-order valence-corrected chi connectivity index (χ4v) is 1.42. The van der Waals surface area contributed by atoms with Crippen LogP contribution in [0.15, 0.2) is 0 Å². The molecule has 0 fully saturated rings. The second kappa shape index (κ2) is 8.06. The Bertz CT molecular complexity index is 71.3. The summed E-state index contributed by atoms with van der Waals surface area (Å²) in [6, 6.07) is 0.770. The van der Waals surface area contributed by atoms with Gasteiger partial charge in [0, 0.05) is 6.04 Å². The number of hydrogen-bond acceptors (Lipinski definition) is 1. The topological polar surface area (TPSA) is 12.0 Å². The van der Waals surface area contributed by atoms with Gasteiger partial charge in [-0.3, -0.25) is 0 Å². The predicted octanol–water partition coefficient (Wildman–Crippen LogP) is 2.95. The van der Waals surface area contributed by atoms with Gasteiger partial charge in [-0.1, -0.05) is 39.5 Å². The first-order valence-electron chi connectivity index (χ1n) is 5.02. The summed E-state index contributed by atoms with van der Waals surface area (Å²) in [5, 5.41) is 3.36. The molecule has 0 aliphatic heterocycles. The molecule has 68 valence electrons. The Kier molecular flexibility index (Phi) is 8.03. The summed E-state index contributed by atoms with van der Waals surface area (Å²) in [6.45, 7) is 4.51. The van der Waals surface area contributed by atoms with E-state index in [2.05, 4.69) is 26.2 Å². The molecule has 0 spiro atoms. The third kappa shape index (κ3) is 6.36. The van der Waals surface area contributed by atoms with Crippen LogP contribution in [0.1, 0.15) is 52.4 Å².